The van der Waals surface area contributed by atoms with Gasteiger partial charge in [0.1, 0.15) is 17.6 Å². The van der Waals surface area contributed by atoms with E-state index in [1.165, 1.54) is 0 Å². The van der Waals surface area contributed by atoms with E-state index in [9.17, 15) is 24.2 Å². The van der Waals surface area contributed by atoms with Gasteiger partial charge in [-0.15, -0.1) is 0 Å². The molecule has 0 aliphatic heterocycles. The highest BCUT2D eigenvalue weighted by molar-refractivity contribution is 5.98. The first-order valence-corrected chi connectivity index (χ1v) is 6.53. The van der Waals surface area contributed by atoms with E-state index in [1.807, 2.05) is 0 Å². The molecule has 0 unspecified atom stereocenters. The Balaban J connectivity index is 2.15. The average Bonchev–Trinajstić information content (AvgIpc) is 2.50. The zero-order valence-corrected chi connectivity index (χ0v) is 11.5. The van der Waals surface area contributed by atoms with Crippen molar-refractivity contribution < 1.29 is 24.2 Å². The predicted molar refractivity (Wildman–Crippen MR) is 77.1 cm³/mol. The molecule has 3 N–H and O–H groups in total. The van der Waals surface area contributed by atoms with Crippen LogP contribution in [0.3, 0.4) is 0 Å². The standard InChI is InChI=1S/C16H14FNO4/c17-11-6-7-14(19)12(9-11)15(20)18-13(16(21)22)8-10-4-2-1-3-5-10/h1-7,9,13,19H,8H2,(H,18,20)(H,21,22)/t13-/m0/s1. The van der Waals surface area contributed by atoms with Gasteiger partial charge in [0.15, 0.2) is 0 Å². The summed E-state index contributed by atoms with van der Waals surface area (Å²) >= 11 is 0. The summed E-state index contributed by atoms with van der Waals surface area (Å²) in [7, 11) is 0. The quantitative estimate of drug-likeness (QED) is 0.788. The fourth-order valence-electron chi connectivity index (χ4n) is 1.98. The van der Waals surface area contributed by atoms with Crippen LogP contribution in [-0.2, 0) is 11.2 Å². The van der Waals surface area contributed by atoms with Crippen LogP contribution >= 0.6 is 0 Å². The van der Waals surface area contributed by atoms with Gasteiger partial charge in [-0.3, -0.25) is 4.79 Å². The molecule has 2 rings (SSSR count). The number of carbonyl (C=O) groups is 2. The number of carbonyl (C=O) groups excluding carboxylic acids is 1. The lowest BCUT2D eigenvalue weighted by Gasteiger charge is -2.15. The molecule has 0 aliphatic rings. The molecule has 0 bridgehead atoms. The second-order valence-corrected chi connectivity index (χ2v) is 4.72. The molecule has 0 radical (unpaired) electrons. The van der Waals surface area contributed by atoms with Gasteiger partial charge in [0, 0.05) is 6.42 Å². The zero-order valence-electron chi connectivity index (χ0n) is 11.5. The maximum atomic E-state index is 13.1. The molecule has 2 aromatic carbocycles. The van der Waals surface area contributed by atoms with E-state index in [0.29, 0.717) is 0 Å². The van der Waals surface area contributed by atoms with Crippen molar-refractivity contribution >= 4 is 11.9 Å². The number of nitrogens with one attached hydrogen (secondary N) is 1. The summed E-state index contributed by atoms with van der Waals surface area (Å²) in [6, 6.07) is 10.5. The van der Waals surface area contributed by atoms with Gasteiger partial charge in [-0.25, -0.2) is 9.18 Å². The SMILES string of the molecule is O=C(N[C@@H](Cc1ccccc1)C(=O)O)c1cc(F)ccc1O. The molecule has 0 saturated heterocycles. The maximum Gasteiger partial charge on any atom is 0.326 e. The van der Waals surface area contributed by atoms with Gasteiger partial charge < -0.3 is 15.5 Å². The van der Waals surface area contributed by atoms with Crippen molar-refractivity contribution in [1.82, 2.24) is 5.32 Å². The molecule has 1 atom stereocenters. The van der Waals surface area contributed by atoms with Gasteiger partial charge in [-0.05, 0) is 23.8 Å². The van der Waals surface area contributed by atoms with Crippen LogP contribution in [0.1, 0.15) is 15.9 Å². The van der Waals surface area contributed by atoms with E-state index in [0.717, 1.165) is 23.8 Å². The molecule has 0 aliphatic carbocycles. The Labute approximate surface area is 126 Å². The van der Waals surface area contributed by atoms with Crippen molar-refractivity contribution in [2.75, 3.05) is 0 Å². The normalized spacial score (nSPS) is 11.7. The number of carboxylic acids is 1. The Morgan fingerprint density at radius 2 is 1.82 bits per heavy atom. The van der Waals surface area contributed by atoms with Crippen LogP contribution in [0.15, 0.2) is 48.5 Å². The van der Waals surface area contributed by atoms with E-state index in [-0.39, 0.29) is 12.0 Å². The number of aliphatic carboxylic acids is 1. The summed E-state index contributed by atoms with van der Waals surface area (Å²) in [4.78, 5) is 23.3. The third-order valence-corrected chi connectivity index (χ3v) is 3.09. The number of aromatic hydroxyl groups is 1. The van der Waals surface area contributed by atoms with E-state index in [2.05, 4.69) is 5.32 Å². The van der Waals surface area contributed by atoms with Gasteiger partial charge >= 0.3 is 5.97 Å². The van der Waals surface area contributed by atoms with Crippen LogP contribution in [0.2, 0.25) is 0 Å². The van der Waals surface area contributed by atoms with E-state index >= 15 is 0 Å². The predicted octanol–water partition coefficient (Wildman–Crippen LogP) is 1.96. The van der Waals surface area contributed by atoms with E-state index < -0.39 is 29.5 Å². The van der Waals surface area contributed by atoms with Crippen LogP contribution in [0.4, 0.5) is 4.39 Å². The number of carboxylic acid groups (broad SMARTS) is 1. The first-order valence-electron chi connectivity index (χ1n) is 6.53. The minimum absolute atomic E-state index is 0.0813. The summed E-state index contributed by atoms with van der Waals surface area (Å²) in [6.07, 6.45) is 0.0813. The van der Waals surface area contributed by atoms with Crippen molar-refractivity contribution in [1.29, 1.82) is 0 Å². The number of phenolic OH excluding ortho intramolecular Hbond substituents is 1. The number of halogens is 1. The summed E-state index contributed by atoms with van der Waals surface area (Å²) in [5, 5.41) is 21.1. The van der Waals surface area contributed by atoms with Gasteiger partial charge in [0.05, 0.1) is 5.56 Å². The Hall–Kier alpha value is -2.89. The summed E-state index contributed by atoms with van der Waals surface area (Å²) in [5.74, 6) is -3.17. The number of benzene rings is 2. The summed E-state index contributed by atoms with van der Waals surface area (Å²) < 4.78 is 13.1. The zero-order chi connectivity index (χ0) is 16.1. The molecule has 5 nitrogen and oxygen atoms in total. The molecule has 0 aromatic heterocycles. The lowest BCUT2D eigenvalue weighted by molar-refractivity contribution is -0.139. The monoisotopic (exact) mass is 303 g/mol. The molecule has 0 fully saturated rings. The molecule has 1 amide bonds. The molecule has 22 heavy (non-hydrogen) atoms. The molecular weight excluding hydrogens is 289 g/mol. The molecular formula is C16H14FNO4. The first kappa shape index (κ1) is 15.5. The van der Waals surface area contributed by atoms with Crippen LogP contribution in [0.5, 0.6) is 5.75 Å². The fraction of sp³-hybridized carbons (Fsp3) is 0.125. The van der Waals surface area contributed by atoms with Gasteiger partial charge in [0.25, 0.3) is 5.91 Å². The van der Waals surface area contributed by atoms with Gasteiger partial charge in [-0.1, -0.05) is 30.3 Å². The van der Waals surface area contributed by atoms with Crippen LogP contribution in [0.25, 0.3) is 0 Å². The first-order chi connectivity index (χ1) is 10.5. The van der Waals surface area contributed by atoms with E-state index in [1.54, 1.807) is 30.3 Å². The topological polar surface area (TPSA) is 86.6 Å². The molecule has 0 heterocycles. The van der Waals surface area contributed by atoms with Crippen molar-refractivity contribution in [3.05, 3.63) is 65.5 Å². The Morgan fingerprint density at radius 3 is 2.45 bits per heavy atom. The summed E-state index contributed by atoms with van der Waals surface area (Å²) in [6.45, 7) is 0. The van der Waals surface area contributed by atoms with E-state index in [4.69, 9.17) is 0 Å². The number of amides is 1. The lowest BCUT2D eigenvalue weighted by atomic mass is 10.1. The maximum absolute atomic E-state index is 13.1. The van der Waals surface area contributed by atoms with Crippen molar-refractivity contribution in [2.45, 2.75) is 12.5 Å². The highest BCUT2D eigenvalue weighted by Crippen LogP contribution is 2.18. The molecule has 0 saturated carbocycles. The Morgan fingerprint density at radius 1 is 1.14 bits per heavy atom. The molecule has 6 heteroatoms. The number of hydrogen-bond donors (Lipinski definition) is 3. The Bertz CT molecular complexity index is 688. The second-order valence-electron chi connectivity index (χ2n) is 4.72. The average molecular weight is 303 g/mol. The minimum atomic E-state index is -1.21. The lowest BCUT2D eigenvalue weighted by Crippen LogP contribution is -2.42. The number of hydrogen-bond acceptors (Lipinski definition) is 3. The molecule has 114 valence electrons. The van der Waals surface area contributed by atoms with Gasteiger partial charge in [-0.2, -0.15) is 0 Å². The minimum Gasteiger partial charge on any atom is -0.507 e. The third kappa shape index (κ3) is 3.82. The highest BCUT2D eigenvalue weighted by atomic mass is 19.1. The van der Waals surface area contributed by atoms with Crippen LogP contribution in [0, 0.1) is 5.82 Å². The smallest absolute Gasteiger partial charge is 0.326 e. The van der Waals surface area contributed by atoms with Crippen LogP contribution < -0.4 is 5.32 Å². The molecule has 0 spiro atoms. The van der Waals surface area contributed by atoms with Crippen molar-refractivity contribution in [3.8, 4) is 5.75 Å². The second kappa shape index (κ2) is 6.71. The van der Waals surface area contributed by atoms with Crippen LogP contribution in [-0.4, -0.2) is 28.1 Å². The largest absolute Gasteiger partial charge is 0.507 e. The Kier molecular flexibility index (Phi) is 4.73. The highest BCUT2D eigenvalue weighted by Gasteiger charge is 2.22. The van der Waals surface area contributed by atoms with Gasteiger partial charge in [0.2, 0.25) is 0 Å². The molecule has 2 aromatic rings. The fourth-order valence-corrected chi connectivity index (χ4v) is 1.98. The number of rotatable bonds is 5. The van der Waals surface area contributed by atoms with Crippen molar-refractivity contribution in [2.24, 2.45) is 0 Å². The third-order valence-electron chi connectivity index (χ3n) is 3.09. The van der Waals surface area contributed by atoms with Crippen molar-refractivity contribution in [3.63, 3.8) is 0 Å². The summed E-state index contributed by atoms with van der Waals surface area (Å²) in [5.41, 5.74) is 0.429. The number of phenols is 1.